The van der Waals surface area contributed by atoms with Gasteiger partial charge in [-0.3, -0.25) is 9.59 Å². The SMILES string of the molecule is CC(=O)[C@@H]1CCCN1C(=O)c1ccc2ccccc2n1. The van der Waals surface area contributed by atoms with Crippen LogP contribution in [0.5, 0.6) is 0 Å². The molecule has 1 aromatic carbocycles. The second kappa shape index (κ2) is 5.04. The quantitative estimate of drug-likeness (QED) is 0.840. The van der Waals surface area contributed by atoms with Gasteiger partial charge >= 0.3 is 0 Å². The molecule has 0 saturated carbocycles. The lowest BCUT2D eigenvalue weighted by Gasteiger charge is -2.22. The predicted octanol–water partition coefficient (Wildman–Crippen LogP) is 2.43. The summed E-state index contributed by atoms with van der Waals surface area (Å²) >= 11 is 0. The van der Waals surface area contributed by atoms with Crippen molar-refractivity contribution in [1.82, 2.24) is 9.88 Å². The zero-order valence-electron chi connectivity index (χ0n) is 11.4. The highest BCUT2D eigenvalue weighted by molar-refractivity contribution is 5.98. The van der Waals surface area contributed by atoms with Crippen LogP contribution in [0.3, 0.4) is 0 Å². The third kappa shape index (κ3) is 2.18. The maximum absolute atomic E-state index is 12.5. The highest BCUT2D eigenvalue weighted by Crippen LogP contribution is 2.21. The summed E-state index contributed by atoms with van der Waals surface area (Å²) in [6, 6.07) is 11.0. The molecule has 1 fully saturated rings. The minimum absolute atomic E-state index is 0.0524. The van der Waals surface area contributed by atoms with Gasteiger partial charge in [-0.15, -0.1) is 0 Å². The van der Waals surface area contributed by atoms with Crippen molar-refractivity contribution >= 4 is 22.6 Å². The van der Waals surface area contributed by atoms with Gasteiger partial charge in [-0.2, -0.15) is 0 Å². The fourth-order valence-electron chi connectivity index (χ4n) is 2.76. The number of likely N-dealkylation sites (tertiary alicyclic amines) is 1. The molecule has 102 valence electrons. The van der Waals surface area contributed by atoms with Gasteiger partial charge in [0.1, 0.15) is 5.69 Å². The van der Waals surface area contributed by atoms with Crippen molar-refractivity contribution < 1.29 is 9.59 Å². The summed E-state index contributed by atoms with van der Waals surface area (Å²) < 4.78 is 0. The molecule has 1 amide bonds. The van der Waals surface area contributed by atoms with Gasteiger partial charge in [0.2, 0.25) is 0 Å². The summed E-state index contributed by atoms with van der Waals surface area (Å²) in [5.41, 5.74) is 1.22. The van der Waals surface area contributed by atoms with Crippen molar-refractivity contribution in [2.75, 3.05) is 6.54 Å². The summed E-state index contributed by atoms with van der Waals surface area (Å²) in [6.45, 7) is 2.18. The second-order valence-electron chi connectivity index (χ2n) is 5.16. The minimum Gasteiger partial charge on any atom is -0.327 e. The number of benzene rings is 1. The zero-order valence-corrected chi connectivity index (χ0v) is 11.4. The van der Waals surface area contributed by atoms with Crippen LogP contribution < -0.4 is 0 Å². The van der Waals surface area contributed by atoms with Gasteiger partial charge in [0.25, 0.3) is 5.91 Å². The molecule has 0 unspecified atom stereocenters. The first-order chi connectivity index (χ1) is 9.66. The Morgan fingerprint density at radius 1 is 1.20 bits per heavy atom. The van der Waals surface area contributed by atoms with Crippen LogP contribution in [0.15, 0.2) is 36.4 Å². The van der Waals surface area contributed by atoms with Gasteiger partial charge in [0.05, 0.1) is 11.6 Å². The third-order valence-electron chi connectivity index (χ3n) is 3.80. The molecule has 1 aromatic heterocycles. The molecule has 2 aromatic rings. The van der Waals surface area contributed by atoms with Crippen molar-refractivity contribution in [1.29, 1.82) is 0 Å². The van der Waals surface area contributed by atoms with E-state index in [9.17, 15) is 9.59 Å². The van der Waals surface area contributed by atoms with Crippen LogP contribution in [0.2, 0.25) is 0 Å². The molecule has 1 saturated heterocycles. The Morgan fingerprint density at radius 2 is 2.00 bits per heavy atom. The van der Waals surface area contributed by atoms with E-state index in [4.69, 9.17) is 0 Å². The maximum atomic E-state index is 12.5. The van der Waals surface area contributed by atoms with Crippen LogP contribution in [0.1, 0.15) is 30.3 Å². The summed E-state index contributed by atoms with van der Waals surface area (Å²) in [4.78, 5) is 30.2. The summed E-state index contributed by atoms with van der Waals surface area (Å²) in [7, 11) is 0. The molecule has 4 heteroatoms. The van der Waals surface area contributed by atoms with Gasteiger partial charge in [0, 0.05) is 11.9 Å². The number of fused-ring (bicyclic) bond motifs is 1. The van der Waals surface area contributed by atoms with E-state index >= 15 is 0 Å². The number of rotatable bonds is 2. The number of Topliss-reactive ketones (excluding diaryl/α,β-unsaturated/α-hetero) is 1. The Morgan fingerprint density at radius 3 is 2.80 bits per heavy atom. The average molecular weight is 268 g/mol. The molecule has 20 heavy (non-hydrogen) atoms. The van der Waals surface area contributed by atoms with E-state index in [1.54, 1.807) is 17.9 Å². The van der Waals surface area contributed by atoms with E-state index in [-0.39, 0.29) is 17.7 Å². The minimum atomic E-state index is -0.282. The number of amides is 1. The first kappa shape index (κ1) is 12.8. The van der Waals surface area contributed by atoms with Crippen molar-refractivity contribution in [2.24, 2.45) is 0 Å². The van der Waals surface area contributed by atoms with Gasteiger partial charge in [0.15, 0.2) is 5.78 Å². The number of para-hydroxylation sites is 1. The molecule has 2 heterocycles. The molecule has 1 aliphatic heterocycles. The Balaban J connectivity index is 1.94. The van der Waals surface area contributed by atoms with E-state index < -0.39 is 0 Å². The van der Waals surface area contributed by atoms with Gasteiger partial charge in [-0.05, 0) is 31.9 Å². The lowest BCUT2D eigenvalue weighted by atomic mass is 10.1. The maximum Gasteiger partial charge on any atom is 0.273 e. The van der Waals surface area contributed by atoms with Gasteiger partial charge < -0.3 is 4.90 Å². The Labute approximate surface area is 117 Å². The van der Waals surface area contributed by atoms with Crippen molar-refractivity contribution in [2.45, 2.75) is 25.8 Å². The van der Waals surface area contributed by atoms with Gasteiger partial charge in [-0.25, -0.2) is 4.98 Å². The molecule has 4 nitrogen and oxygen atoms in total. The summed E-state index contributed by atoms with van der Waals surface area (Å²) in [5.74, 6) is -0.0925. The number of aromatic nitrogens is 1. The summed E-state index contributed by atoms with van der Waals surface area (Å²) in [6.07, 6.45) is 1.64. The fourth-order valence-corrected chi connectivity index (χ4v) is 2.76. The number of pyridine rings is 1. The van der Waals surface area contributed by atoms with Crippen LogP contribution in [0.25, 0.3) is 10.9 Å². The van der Waals surface area contributed by atoms with Gasteiger partial charge in [-0.1, -0.05) is 24.3 Å². The number of carbonyl (C=O) groups is 2. The van der Waals surface area contributed by atoms with Crippen molar-refractivity contribution in [3.05, 3.63) is 42.1 Å². The highest BCUT2D eigenvalue weighted by Gasteiger charge is 2.32. The second-order valence-corrected chi connectivity index (χ2v) is 5.16. The molecule has 3 rings (SSSR count). The topological polar surface area (TPSA) is 50.3 Å². The van der Waals surface area contributed by atoms with Crippen LogP contribution >= 0.6 is 0 Å². The number of hydrogen-bond acceptors (Lipinski definition) is 3. The highest BCUT2D eigenvalue weighted by atomic mass is 16.2. The lowest BCUT2D eigenvalue weighted by molar-refractivity contribution is -0.120. The number of nitrogens with zero attached hydrogens (tertiary/aromatic N) is 2. The predicted molar refractivity (Wildman–Crippen MR) is 76.5 cm³/mol. The molecular weight excluding hydrogens is 252 g/mol. The molecular formula is C16H16N2O2. The number of hydrogen-bond donors (Lipinski definition) is 0. The van der Waals surface area contributed by atoms with E-state index in [1.807, 2.05) is 30.3 Å². The van der Waals surface area contributed by atoms with E-state index in [1.165, 1.54) is 0 Å². The fraction of sp³-hybridized carbons (Fsp3) is 0.312. The van der Waals surface area contributed by atoms with Crippen LogP contribution in [0.4, 0.5) is 0 Å². The van der Waals surface area contributed by atoms with Crippen molar-refractivity contribution in [3.63, 3.8) is 0 Å². The molecule has 0 spiro atoms. The Bertz CT molecular complexity index is 681. The molecule has 1 atom stereocenters. The van der Waals surface area contributed by atoms with E-state index in [0.717, 1.165) is 23.7 Å². The zero-order chi connectivity index (χ0) is 14.1. The molecule has 0 aliphatic carbocycles. The molecule has 0 bridgehead atoms. The largest absolute Gasteiger partial charge is 0.327 e. The summed E-state index contributed by atoms with van der Waals surface area (Å²) in [5, 5.41) is 1.01. The normalized spacial score (nSPS) is 18.4. The third-order valence-corrected chi connectivity index (χ3v) is 3.80. The van der Waals surface area contributed by atoms with Crippen LogP contribution in [-0.2, 0) is 4.79 Å². The Kier molecular flexibility index (Phi) is 3.22. The lowest BCUT2D eigenvalue weighted by Crippen LogP contribution is -2.39. The first-order valence-electron chi connectivity index (χ1n) is 6.84. The number of carbonyl (C=O) groups excluding carboxylic acids is 2. The molecule has 1 aliphatic rings. The Hall–Kier alpha value is -2.23. The monoisotopic (exact) mass is 268 g/mol. The van der Waals surface area contributed by atoms with Crippen molar-refractivity contribution in [3.8, 4) is 0 Å². The first-order valence-corrected chi connectivity index (χ1v) is 6.84. The van der Waals surface area contributed by atoms with Crippen LogP contribution in [-0.4, -0.2) is 34.2 Å². The average Bonchev–Trinajstić information content (AvgIpc) is 2.95. The number of ketones is 1. The standard InChI is InChI=1S/C16H16N2O2/c1-11(19)15-7-4-10-18(15)16(20)14-9-8-12-5-2-3-6-13(12)17-14/h2-3,5-6,8-9,15H,4,7,10H2,1H3/t15-/m0/s1. The smallest absolute Gasteiger partial charge is 0.273 e. The molecule has 0 N–H and O–H groups in total. The van der Waals surface area contributed by atoms with Crippen LogP contribution in [0, 0.1) is 0 Å². The van der Waals surface area contributed by atoms with E-state index in [0.29, 0.717) is 12.2 Å². The molecule has 0 radical (unpaired) electrons. The van der Waals surface area contributed by atoms with E-state index in [2.05, 4.69) is 4.98 Å².